The molecule has 1 rings (SSSR count). The van der Waals surface area contributed by atoms with Crippen LogP contribution in [0, 0.1) is 11.3 Å². The van der Waals surface area contributed by atoms with E-state index in [9.17, 15) is 8.42 Å². The van der Waals surface area contributed by atoms with E-state index in [0.717, 1.165) is 4.31 Å². The van der Waals surface area contributed by atoms with Gasteiger partial charge in [-0.3, -0.25) is 4.31 Å². The SMILES string of the molecule is CCC(C#N)S(=O)(=O)N(C)c1cc(Cl)ccc1N. The fourth-order valence-corrected chi connectivity index (χ4v) is 3.02. The third-order valence-electron chi connectivity index (χ3n) is 2.59. The van der Waals surface area contributed by atoms with Crippen LogP contribution in [0.4, 0.5) is 11.4 Å². The number of hydrogen-bond donors (Lipinski definition) is 1. The minimum Gasteiger partial charge on any atom is -0.397 e. The van der Waals surface area contributed by atoms with Gasteiger partial charge in [-0.1, -0.05) is 18.5 Å². The van der Waals surface area contributed by atoms with Gasteiger partial charge in [0.15, 0.2) is 5.25 Å². The summed E-state index contributed by atoms with van der Waals surface area (Å²) in [6, 6.07) is 6.33. The van der Waals surface area contributed by atoms with Crippen molar-refractivity contribution < 1.29 is 8.42 Å². The second kappa shape index (κ2) is 5.46. The molecule has 1 atom stereocenters. The zero-order valence-electron chi connectivity index (χ0n) is 10.1. The molecule has 7 heteroatoms. The Hall–Kier alpha value is -1.45. The van der Waals surface area contributed by atoms with Crippen LogP contribution in [0.1, 0.15) is 13.3 Å². The van der Waals surface area contributed by atoms with Gasteiger partial charge in [0, 0.05) is 12.1 Å². The van der Waals surface area contributed by atoms with E-state index in [4.69, 9.17) is 22.6 Å². The maximum Gasteiger partial charge on any atom is 0.251 e. The van der Waals surface area contributed by atoms with Gasteiger partial charge in [-0.2, -0.15) is 5.26 Å². The molecule has 0 fully saturated rings. The topological polar surface area (TPSA) is 87.2 Å². The fraction of sp³-hybridized carbons (Fsp3) is 0.364. The molecular formula is C11H14ClN3O2S. The van der Waals surface area contributed by atoms with Gasteiger partial charge in [-0.15, -0.1) is 0 Å². The van der Waals surface area contributed by atoms with Gasteiger partial charge in [-0.05, 0) is 24.6 Å². The molecule has 1 aromatic rings. The van der Waals surface area contributed by atoms with Crippen LogP contribution < -0.4 is 10.0 Å². The molecular weight excluding hydrogens is 274 g/mol. The summed E-state index contributed by atoms with van der Waals surface area (Å²) in [6.07, 6.45) is 0.212. The number of anilines is 2. The highest BCUT2D eigenvalue weighted by Crippen LogP contribution is 2.29. The zero-order valence-corrected chi connectivity index (χ0v) is 11.7. The van der Waals surface area contributed by atoms with Crippen molar-refractivity contribution >= 4 is 33.0 Å². The first-order valence-corrected chi connectivity index (χ1v) is 7.15. The molecule has 98 valence electrons. The van der Waals surface area contributed by atoms with Gasteiger partial charge < -0.3 is 5.73 Å². The first-order chi connectivity index (χ1) is 8.34. The molecule has 0 amide bonds. The van der Waals surface area contributed by atoms with Crippen molar-refractivity contribution in [3.05, 3.63) is 23.2 Å². The minimum absolute atomic E-state index is 0.212. The Morgan fingerprint density at radius 1 is 1.56 bits per heavy atom. The monoisotopic (exact) mass is 287 g/mol. The largest absolute Gasteiger partial charge is 0.397 e. The van der Waals surface area contributed by atoms with Crippen LogP contribution in [0.5, 0.6) is 0 Å². The summed E-state index contributed by atoms with van der Waals surface area (Å²) in [5, 5.41) is 8.15. The summed E-state index contributed by atoms with van der Waals surface area (Å²) in [7, 11) is -2.40. The number of nitrogen functional groups attached to an aromatic ring is 1. The molecule has 5 nitrogen and oxygen atoms in total. The fourth-order valence-electron chi connectivity index (χ4n) is 1.49. The van der Waals surface area contributed by atoms with Crippen LogP contribution in [-0.4, -0.2) is 20.7 Å². The van der Waals surface area contributed by atoms with E-state index in [1.54, 1.807) is 19.1 Å². The van der Waals surface area contributed by atoms with Crippen molar-refractivity contribution in [2.24, 2.45) is 0 Å². The van der Waals surface area contributed by atoms with Crippen molar-refractivity contribution in [2.45, 2.75) is 18.6 Å². The van der Waals surface area contributed by atoms with E-state index >= 15 is 0 Å². The Balaban J connectivity index is 3.26. The lowest BCUT2D eigenvalue weighted by Gasteiger charge is -2.23. The highest BCUT2D eigenvalue weighted by atomic mass is 35.5. The van der Waals surface area contributed by atoms with Crippen LogP contribution in [0.25, 0.3) is 0 Å². The van der Waals surface area contributed by atoms with Crippen molar-refractivity contribution in [3.63, 3.8) is 0 Å². The predicted octanol–water partition coefficient (Wildman–Crippen LogP) is 1.99. The molecule has 2 N–H and O–H groups in total. The summed E-state index contributed by atoms with van der Waals surface area (Å²) in [6.45, 7) is 1.64. The number of halogens is 1. The van der Waals surface area contributed by atoms with E-state index in [0.29, 0.717) is 10.7 Å². The first kappa shape index (κ1) is 14.6. The summed E-state index contributed by atoms with van der Waals surface area (Å²) in [4.78, 5) is 0. The van der Waals surface area contributed by atoms with Crippen LogP contribution in [0.3, 0.4) is 0 Å². The highest BCUT2D eigenvalue weighted by Gasteiger charge is 2.29. The van der Waals surface area contributed by atoms with Crippen molar-refractivity contribution in [1.29, 1.82) is 5.26 Å². The second-order valence-electron chi connectivity index (χ2n) is 3.74. The van der Waals surface area contributed by atoms with Gasteiger partial charge in [0.25, 0.3) is 10.0 Å². The Morgan fingerprint density at radius 2 is 2.17 bits per heavy atom. The van der Waals surface area contributed by atoms with Crippen LogP contribution in [0.15, 0.2) is 18.2 Å². The summed E-state index contributed by atoms with van der Waals surface area (Å²) >= 11 is 5.82. The van der Waals surface area contributed by atoms with E-state index in [1.807, 2.05) is 0 Å². The number of sulfonamides is 1. The van der Waals surface area contributed by atoms with Crippen LogP contribution in [-0.2, 0) is 10.0 Å². The van der Waals surface area contributed by atoms with Crippen molar-refractivity contribution in [1.82, 2.24) is 0 Å². The van der Waals surface area contributed by atoms with Crippen LogP contribution in [0.2, 0.25) is 5.02 Å². The minimum atomic E-state index is -3.76. The first-order valence-electron chi connectivity index (χ1n) is 5.27. The number of nitrogens with zero attached hydrogens (tertiary/aromatic N) is 2. The zero-order chi connectivity index (χ0) is 13.9. The van der Waals surface area contributed by atoms with E-state index in [2.05, 4.69) is 0 Å². The summed E-state index contributed by atoms with van der Waals surface area (Å²) in [5.41, 5.74) is 6.29. The molecule has 1 unspecified atom stereocenters. The quantitative estimate of drug-likeness (QED) is 0.858. The summed E-state index contributed by atoms with van der Waals surface area (Å²) in [5.74, 6) is 0. The molecule has 0 aliphatic rings. The number of rotatable bonds is 4. The number of benzene rings is 1. The smallest absolute Gasteiger partial charge is 0.251 e. The molecule has 0 saturated heterocycles. The molecule has 0 spiro atoms. The van der Waals surface area contributed by atoms with E-state index in [-0.39, 0.29) is 12.1 Å². The van der Waals surface area contributed by atoms with Gasteiger partial charge in [0.2, 0.25) is 0 Å². The number of nitrogens with two attached hydrogens (primary N) is 1. The molecule has 18 heavy (non-hydrogen) atoms. The molecule has 0 heterocycles. The molecule has 0 saturated carbocycles. The Kier molecular flexibility index (Phi) is 4.43. The Morgan fingerprint density at radius 3 is 2.67 bits per heavy atom. The van der Waals surface area contributed by atoms with Gasteiger partial charge >= 0.3 is 0 Å². The van der Waals surface area contributed by atoms with Crippen molar-refractivity contribution in [3.8, 4) is 6.07 Å². The molecule has 1 aromatic carbocycles. The van der Waals surface area contributed by atoms with Crippen molar-refractivity contribution in [2.75, 3.05) is 17.1 Å². The molecule has 0 aromatic heterocycles. The molecule has 0 bridgehead atoms. The molecule has 0 aliphatic carbocycles. The lowest BCUT2D eigenvalue weighted by Crippen LogP contribution is -2.35. The van der Waals surface area contributed by atoms with E-state index < -0.39 is 15.3 Å². The van der Waals surface area contributed by atoms with Crippen LogP contribution >= 0.6 is 11.6 Å². The number of hydrogen-bond acceptors (Lipinski definition) is 4. The highest BCUT2D eigenvalue weighted by molar-refractivity contribution is 7.93. The maximum absolute atomic E-state index is 12.2. The summed E-state index contributed by atoms with van der Waals surface area (Å²) < 4.78 is 25.3. The van der Waals surface area contributed by atoms with Gasteiger partial charge in [-0.25, -0.2) is 8.42 Å². The third kappa shape index (κ3) is 2.68. The van der Waals surface area contributed by atoms with Gasteiger partial charge in [0.1, 0.15) is 0 Å². The third-order valence-corrected chi connectivity index (χ3v) is 4.94. The lowest BCUT2D eigenvalue weighted by molar-refractivity contribution is 0.586. The predicted molar refractivity (Wildman–Crippen MR) is 72.9 cm³/mol. The average Bonchev–Trinajstić information content (AvgIpc) is 2.32. The maximum atomic E-state index is 12.2. The van der Waals surface area contributed by atoms with E-state index in [1.165, 1.54) is 19.2 Å². The standard InChI is InChI=1S/C11H14ClN3O2S/c1-3-9(7-13)18(16,17)15(2)11-6-8(12)4-5-10(11)14/h4-6,9H,3,14H2,1-2H3. The second-order valence-corrected chi connectivity index (χ2v) is 6.32. The molecule has 0 aliphatic heterocycles. The Bertz CT molecular complexity index is 580. The number of nitriles is 1. The molecule has 0 radical (unpaired) electrons. The average molecular weight is 288 g/mol. The van der Waals surface area contributed by atoms with Gasteiger partial charge in [0.05, 0.1) is 17.4 Å². The normalized spacial score (nSPS) is 12.8. The lowest BCUT2D eigenvalue weighted by atomic mass is 10.3. The Labute approximate surface area is 112 Å².